The number of rotatable bonds is 3. The maximum Gasteiger partial charge on any atom is 0.0547 e. The lowest BCUT2D eigenvalue weighted by Crippen LogP contribution is -2.15. The van der Waals surface area contributed by atoms with Crippen molar-refractivity contribution in [2.24, 2.45) is 0 Å². The molecule has 2 heteroatoms. The van der Waals surface area contributed by atoms with Crippen LogP contribution in [0.5, 0.6) is 0 Å². The highest BCUT2D eigenvalue weighted by Crippen LogP contribution is 2.49. The van der Waals surface area contributed by atoms with Crippen molar-refractivity contribution in [1.29, 1.82) is 0 Å². The van der Waals surface area contributed by atoms with E-state index in [1.54, 1.807) is 0 Å². The first-order valence-electron chi connectivity index (χ1n) is 19.3. The second-order valence-electron chi connectivity index (χ2n) is 15.7. The predicted molar refractivity (Wildman–Crippen MR) is 233 cm³/mol. The number of hydrogen-bond acceptors (Lipinski definition) is 0. The van der Waals surface area contributed by atoms with Crippen molar-refractivity contribution in [3.63, 3.8) is 0 Å². The van der Waals surface area contributed by atoms with Gasteiger partial charge in [-0.3, -0.25) is 0 Å². The Balaban J connectivity index is 1.09. The fourth-order valence-corrected chi connectivity index (χ4v) is 9.89. The zero-order valence-corrected chi connectivity index (χ0v) is 30.7. The molecule has 258 valence electrons. The number of para-hydroxylation sites is 2. The summed E-state index contributed by atoms with van der Waals surface area (Å²) in [5.74, 6) is 0. The van der Waals surface area contributed by atoms with E-state index in [1.807, 2.05) is 0 Å². The molecule has 0 fully saturated rings. The Morgan fingerprint density at radius 3 is 1.60 bits per heavy atom. The number of hydrogen-bond donors (Lipinski definition) is 0. The van der Waals surface area contributed by atoms with Gasteiger partial charge in [-0.15, -0.1) is 0 Å². The topological polar surface area (TPSA) is 9.86 Å². The van der Waals surface area contributed by atoms with Crippen LogP contribution in [0.1, 0.15) is 25.0 Å². The van der Waals surface area contributed by atoms with Crippen LogP contribution in [0, 0.1) is 0 Å². The second-order valence-corrected chi connectivity index (χ2v) is 15.7. The van der Waals surface area contributed by atoms with Gasteiger partial charge >= 0.3 is 0 Å². The summed E-state index contributed by atoms with van der Waals surface area (Å²) in [7, 11) is 0. The zero-order chi connectivity index (χ0) is 36.4. The molecule has 0 atom stereocenters. The summed E-state index contributed by atoms with van der Waals surface area (Å²) in [6.07, 6.45) is 0. The van der Waals surface area contributed by atoms with E-state index in [9.17, 15) is 0 Å². The number of fused-ring (bicyclic) bond motifs is 12. The van der Waals surface area contributed by atoms with Gasteiger partial charge in [0, 0.05) is 38.0 Å². The number of aromatic nitrogens is 2. The third-order valence-electron chi connectivity index (χ3n) is 12.5. The molecule has 11 aromatic rings. The number of nitrogens with zero attached hydrogens (tertiary/aromatic N) is 2. The van der Waals surface area contributed by atoms with Crippen LogP contribution in [0.2, 0.25) is 0 Å². The van der Waals surface area contributed by atoms with Crippen LogP contribution in [0.25, 0.3) is 98.8 Å². The summed E-state index contributed by atoms with van der Waals surface area (Å²) in [4.78, 5) is 0. The highest BCUT2D eigenvalue weighted by atomic mass is 15.0. The monoisotopic (exact) mass is 700 g/mol. The smallest absolute Gasteiger partial charge is 0.0547 e. The molecule has 0 aliphatic heterocycles. The van der Waals surface area contributed by atoms with E-state index in [0.29, 0.717) is 0 Å². The summed E-state index contributed by atoms with van der Waals surface area (Å²) in [6, 6.07) is 67.7. The van der Waals surface area contributed by atoms with Gasteiger partial charge in [-0.2, -0.15) is 0 Å². The lowest BCUT2D eigenvalue weighted by atomic mass is 9.82. The van der Waals surface area contributed by atoms with Crippen LogP contribution in [0.15, 0.2) is 182 Å². The molecular weight excluding hydrogens is 665 g/mol. The SMILES string of the molecule is CC1(C)c2ccccc2-c2ccc(-n3c4ccccc4c4ccc(-c5ccc6c7ccccc7n(-c7cc8ccccc8c8ccccc78)c6c5)cc43)cc21. The predicted octanol–water partition coefficient (Wildman–Crippen LogP) is 14.2. The van der Waals surface area contributed by atoms with Crippen molar-refractivity contribution >= 4 is 65.2 Å². The van der Waals surface area contributed by atoms with Gasteiger partial charge in [0.25, 0.3) is 0 Å². The quantitative estimate of drug-likeness (QED) is 0.162. The molecule has 0 unspecified atom stereocenters. The zero-order valence-electron chi connectivity index (χ0n) is 30.7. The molecule has 2 heterocycles. The van der Waals surface area contributed by atoms with Gasteiger partial charge in [0.05, 0.1) is 27.8 Å². The lowest BCUT2D eigenvalue weighted by Gasteiger charge is -2.22. The Bertz CT molecular complexity index is 3410. The summed E-state index contributed by atoms with van der Waals surface area (Å²) < 4.78 is 4.97. The molecule has 1 aliphatic carbocycles. The van der Waals surface area contributed by atoms with Crippen molar-refractivity contribution in [3.8, 4) is 33.6 Å². The fourth-order valence-electron chi connectivity index (χ4n) is 9.89. The van der Waals surface area contributed by atoms with Crippen molar-refractivity contribution in [2.75, 3.05) is 0 Å². The molecule has 1 aliphatic rings. The molecule has 12 rings (SSSR count). The molecule has 0 saturated heterocycles. The van der Waals surface area contributed by atoms with E-state index in [4.69, 9.17) is 0 Å². The molecule has 0 radical (unpaired) electrons. The van der Waals surface area contributed by atoms with Crippen molar-refractivity contribution < 1.29 is 0 Å². The van der Waals surface area contributed by atoms with Crippen molar-refractivity contribution in [1.82, 2.24) is 9.13 Å². The van der Waals surface area contributed by atoms with E-state index in [2.05, 4.69) is 205 Å². The molecule has 2 nitrogen and oxygen atoms in total. The first-order valence-corrected chi connectivity index (χ1v) is 19.3. The van der Waals surface area contributed by atoms with E-state index < -0.39 is 0 Å². The van der Waals surface area contributed by atoms with E-state index >= 15 is 0 Å². The minimum Gasteiger partial charge on any atom is -0.309 e. The van der Waals surface area contributed by atoms with Gasteiger partial charge in [-0.25, -0.2) is 0 Å². The molecule has 0 bridgehead atoms. The fraction of sp³-hybridized carbons (Fsp3) is 0.0566. The largest absolute Gasteiger partial charge is 0.309 e. The average Bonchev–Trinajstić information content (AvgIpc) is 3.83. The van der Waals surface area contributed by atoms with Crippen LogP contribution in [0.3, 0.4) is 0 Å². The first kappa shape index (κ1) is 30.6. The van der Waals surface area contributed by atoms with Crippen LogP contribution in [-0.2, 0) is 5.41 Å². The van der Waals surface area contributed by atoms with E-state index in [0.717, 1.165) is 0 Å². The van der Waals surface area contributed by atoms with E-state index in [1.165, 1.54) is 110 Å². The third kappa shape index (κ3) is 4.20. The van der Waals surface area contributed by atoms with Crippen molar-refractivity contribution in [2.45, 2.75) is 19.3 Å². The average molecular weight is 701 g/mol. The Kier molecular flexibility index (Phi) is 6.15. The normalized spacial score (nSPS) is 13.4. The standard InChI is InChI=1S/C53H36N2/c1-53(2)46-20-10-7-16-39(46)40-28-25-36(32-47(40)53)54-48-21-11-8-18-42(48)44-26-23-33(29-50(44)54)34-24-27-45-43-19-9-12-22-49(43)55(51(45)30-34)52-31-35-13-3-4-14-37(35)38-15-5-6-17-41(38)52/h3-32H,1-2H3. The first-order chi connectivity index (χ1) is 27.0. The Labute approximate surface area is 319 Å². The Morgan fingerprint density at radius 1 is 0.345 bits per heavy atom. The van der Waals surface area contributed by atoms with Gasteiger partial charge in [-0.1, -0.05) is 153 Å². The van der Waals surface area contributed by atoms with Crippen LogP contribution >= 0.6 is 0 Å². The molecule has 0 saturated carbocycles. The van der Waals surface area contributed by atoms with Gasteiger partial charge < -0.3 is 9.13 Å². The molecular formula is C53H36N2. The molecule has 0 spiro atoms. The van der Waals surface area contributed by atoms with Gasteiger partial charge in [-0.05, 0) is 92.0 Å². The Morgan fingerprint density at radius 2 is 0.873 bits per heavy atom. The molecule has 0 N–H and O–H groups in total. The van der Waals surface area contributed by atoms with Gasteiger partial charge in [0.2, 0.25) is 0 Å². The second kappa shape index (κ2) is 11.1. The van der Waals surface area contributed by atoms with Crippen LogP contribution in [-0.4, -0.2) is 9.13 Å². The van der Waals surface area contributed by atoms with Gasteiger partial charge in [0.1, 0.15) is 0 Å². The van der Waals surface area contributed by atoms with E-state index in [-0.39, 0.29) is 5.41 Å². The van der Waals surface area contributed by atoms with Crippen molar-refractivity contribution in [3.05, 3.63) is 193 Å². The summed E-state index contributed by atoms with van der Waals surface area (Å²) in [5.41, 5.74) is 15.1. The van der Waals surface area contributed by atoms with Crippen LogP contribution < -0.4 is 0 Å². The molecule has 55 heavy (non-hydrogen) atoms. The Hall–Kier alpha value is -6.90. The highest BCUT2D eigenvalue weighted by molar-refractivity contribution is 6.16. The maximum absolute atomic E-state index is 2.49. The highest BCUT2D eigenvalue weighted by Gasteiger charge is 2.35. The van der Waals surface area contributed by atoms with Gasteiger partial charge in [0.15, 0.2) is 0 Å². The summed E-state index contributed by atoms with van der Waals surface area (Å²) in [5, 5.41) is 10.1. The van der Waals surface area contributed by atoms with Crippen LogP contribution in [0.4, 0.5) is 0 Å². The summed E-state index contributed by atoms with van der Waals surface area (Å²) >= 11 is 0. The summed E-state index contributed by atoms with van der Waals surface area (Å²) in [6.45, 7) is 4.73. The molecule has 9 aromatic carbocycles. The minimum atomic E-state index is -0.0733. The third-order valence-corrected chi connectivity index (χ3v) is 12.5. The minimum absolute atomic E-state index is 0.0733. The molecule has 0 amide bonds. The molecule has 2 aromatic heterocycles. The lowest BCUT2D eigenvalue weighted by molar-refractivity contribution is 0.660. The number of benzene rings is 9. The maximum atomic E-state index is 2.49.